The minimum atomic E-state index is -0.563. The Morgan fingerprint density at radius 2 is 1.86 bits per heavy atom. The number of esters is 1. The summed E-state index contributed by atoms with van der Waals surface area (Å²) >= 11 is 0. The fraction of sp³-hybridized carbons (Fsp3) is 0.529. The number of carbonyl (C=O) groups excluding carboxylic acids is 2. The Hall–Kier alpha value is -2.04. The van der Waals surface area contributed by atoms with Crippen LogP contribution in [0.5, 0.6) is 0 Å². The molecule has 22 heavy (non-hydrogen) atoms. The number of likely N-dealkylation sites (tertiary alicyclic amines) is 1. The molecular weight excluding hydrogens is 282 g/mol. The van der Waals surface area contributed by atoms with Crippen LogP contribution in [0.3, 0.4) is 0 Å². The highest BCUT2D eigenvalue weighted by Gasteiger charge is 2.46. The molecule has 2 atom stereocenters. The molecule has 5 heteroatoms. The summed E-state index contributed by atoms with van der Waals surface area (Å²) in [4.78, 5) is 25.7. The SMILES string of the molecule is C[C@H]1CN(C(=O)OCc2ccccc2)C1C(=O)OC(C)(C)C. The quantitative estimate of drug-likeness (QED) is 0.806. The van der Waals surface area contributed by atoms with E-state index in [1.807, 2.05) is 58.0 Å². The maximum atomic E-state index is 12.2. The van der Waals surface area contributed by atoms with Gasteiger partial charge in [-0.1, -0.05) is 37.3 Å². The van der Waals surface area contributed by atoms with Crippen molar-refractivity contribution >= 4 is 12.1 Å². The zero-order valence-corrected chi connectivity index (χ0v) is 13.5. The highest BCUT2D eigenvalue weighted by molar-refractivity contribution is 5.84. The van der Waals surface area contributed by atoms with Crippen LogP contribution in [-0.2, 0) is 20.9 Å². The van der Waals surface area contributed by atoms with Crippen LogP contribution in [0.15, 0.2) is 30.3 Å². The number of amides is 1. The highest BCUT2D eigenvalue weighted by Crippen LogP contribution is 2.28. The van der Waals surface area contributed by atoms with Gasteiger partial charge in [-0.25, -0.2) is 9.59 Å². The molecule has 0 radical (unpaired) electrons. The summed E-state index contributed by atoms with van der Waals surface area (Å²) in [6, 6.07) is 8.90. The van der Waals surface area contributed by atoms with Gasteiger partial charge >= 0.3 is 12.1 Å². The summed E-state index contributed by atoms with van der Waals surface area (Å²) in [5, 5.41) is 0. The average molecular weight is 305 g/mol. The van der Waals surface area contributed by atoms with Crippen LogP contribution in [0.4, 0.5) is 4.79 Å². The smallest absolute Gasteiger partial charge is 0.410 e. The Bertz CT molecular complexity index is 535. The Morgan fingerprint density at radius 1 is 1.23 bits per heavy atom. The van der Waals surface area contributed by atoms with E-state index < -0.39 is 17.7 Å². The zero-order chi connectivity index (χ0) is 16.3. The predicted octanol–water partition coefficient (Wildman–Crippen LogP) is 2.99. The van der Waals surface area contributed by atoms with Gasteiger partial charge in [0.25, 0.3) is 0 Å². The molecule has 2 rings (SSSR count). The summed E-state index contributed by atoms with van der Waals surface area (Å²) in [7, 11) is 0. The first kappa shape index (κ1) is 16.3. The van der Waals surface area contributed by atoms with Gasteiger partial charge in [-0.2, -0.15) is 0 Å². The molecule has 1 aromatic rings. The van der Waals surface area contributed by atoms with E-state index in [4.69, 9.17) is 9.47 Å². The van der Waals surface area contributed by atoms with Crippen LogP contribution in [0.2, 0.25) is 0 Å². The topological polar surface area (TPSA) is 55.8 Å². The largest absolute Gasteiger partial charge is 0.458 e. The first-order valence-corrected chi connectivity index (χ1v) is 7.48. The number of carbonyl (C=O) groups is 2. The second-order valence-corrected chi connectivity index (χ2v) is 6.65. The number of rotatable bonds is 3. The van der Waals surface area contributed by atoms with E-state index in [0.717, 1.165) is 5.56 Å². The lowest BCUT2D eigenvalue weighted by Gasteiger charge is -2.44. The van der Waals surface area contributed by atoms with Crippen molar-refractivity contribution in [3.05, 3.63) is 35.9 Å². The number of hydrogen-bond acceptors (Lipinski definition) is 4. The standard InChI is InChI=1S/C17H23NO4/c1-12-10-18(14(12)15(19)22-17(2,3)4)16(20)21-11-13-8-6-5-7-9-13/h5-9,12,14H,10-11H2,1-4H3/t12-,14?/m0/s1. The minimum absolute atomic E-state index is 0.0825. The van der Waals surface area contributed by atoms with Crippen LogP contribution in [-0.4, -0.2) is 35.2 Å². The molecule has 120 valence electrons. The molecule has 0 aliphatic carbocycles. The van der Waals surface area contributed by atoms with Crippen molar-refractivity contribution in [2.75, 3.05) is 6.54 Å². The Kier molecular flexibility index (Phi) is 4.74. The Balaban J connectivity index is 1.91. The number of nitrogens with zero attached hydrogens (tertiary/aromatic N) is 1. The molecule has 1 unspecified atom stereocenters. The van der Waals surface area contributed by atoms with Crippen molar-refractivity contribution in [2.24, 2.45) is 5.92 Å². The van der Waals surface area contributed by atoms with Crippen molar-refractivity contribution in [1.82, 2.24) is 4.90 Å². The van der Waals surface area contributed by atoms with Gasteiger partial charge in [0, 0.05) is 12.5 Å². The molecule has 5 nitrogen and oxygen atoms in total. The molecule has 0 spiro atoms. The second-order valence-electron chi connectivity index (χ2n) is 6.65. The van der Waals surface area contributed by atoms with Gasteiger partial charge in [-0.3, -0.25) is 4.90 Å². The van der Waals surface area contributed by atoms with Gasteiger partial charge in [0.15, 0.2) is 0 Å². The predicted molar refractivity (Wildman–Crippen MR) is 82.1 cm³/mol. The molecule has 0 saturated carbocycles. The van der Waals surface area contributed by atoms with Gasteiger partial charge in [0.05, 0.1) is 0 Å². The monoisotopic (exact) mass is 305 g/mol. The molecule has 1 aliphatic heterocycles. The summed E-state index contributed by atoms with van der Waals surface area (Å²) in [5.74, 6) is -0.290. The summed E-state index contributed by atoms with van der Waals surface area (Å²) in [5.41, 5.74) is 0.352. The molecule has 1 aliphatic rings. The second kappa shape index (κ2) is 6.38. The molecule has 0 bridgehead atoms. The van der Waals surface area contributed by atoms with Crippen molar-refractivity contribution in [3.63, 3.8) is 0 Å². The molecular formula is C17H23NO4. The van der Waals surface area contributed by atoms with E-state index in [0.29, 0.717) is 6.54 Å². The van der Waals surface area contributed by atoms with E-state index in [1.54, 1.807) is 0 Å². The molecule has 0 N–H and O–H groups in total. The van der Waals surface area contributed by atoms with Gasteiger partial charge < -0.3 is 9.47 Å². The fourth-order valence-electron chi connectivity index (χ4n) is 2.40. The average Bonchev–Trinajstić information content (AvgIpc) is 2.41. The number of ether oxygens (including phenoxy) is 2. The third-order valence-electron chi connectivity index (χ3n) is 3.45. The molecule has 1 saturated heterocycles. The lowest BCUT2D eigenvalue weighted by molar-refractivity contribution is -0.169. The van der Waals surface area contributed by atoms with E-state index in [9.17, 15) is 9.59 Å². The summed E-state index contributed by atoms with van der Waals surface area (Å²) in [6.07, 6.45) is -0.474. The van der Waals surface area contributed by atoms with E-state index in [-0.39, 0.29) is 18.5 Å². The molecule has 1 fully saturated rings. The molecule has 1 heterocycles. The molecule has 0 aromatic heterocycles. The maximum Gasteiger partial charge on any atom is 0.410 e. The van der Waals surface area contributed by atoms with Gasteiger partial charge in [-0.15, -0.1) is 0 Å². The van der Waals surface area contributed by atoms with Crippen LogP contribution in [0.25, 0.3) is 0 Å². The number of hydrogen-bond donors (Lipinski definition) is 0. The first-order chi connectivity index (χ1) is 10.3. The van der Waals surface area contributed by atoms with E-state index in [2.05, 4.69) is 0 Å². The molecule has 1 amide bonds. The van der Waals surface area contributed by atoms with E-state index in [1.165, 1.54) is 4.90 Å². The number of benzene rings is 1. The minimum Gasteiger partial charge on any atom is -0.458 e. The lowest BCUT2D eigenvalue weighted by atomic mass is 9.91. The highest BCUT2D eigenvalue weighted by atomic mass is 16.6. The first-order valence-electron chi connectivity index (χ1n) is 7.48. The van der Waals surface area contributed by atoms with Gasteiger partial charge in [0.1, 0.15) is 18.2 Å². The lowest BCUT2D eigenvalue weighted by Crippen LogP contribution is -2.62. The maximum absolute atomic E-state index is 12.2. The van der Waals surface area contributed by atoms with Gasteiger partial charge in [0.2, 0.25) is 0 Å². The van der Waals surface area contributed by atoms with Gasteiger partial charge in [-0.05, 0) is 26.3 Å². The van der Waals surface area contributed by atoms with Crippen molar-refractivity contribution < 1.29 is 19.1 Å². The van der Waals surface area contributed by atoms with E-state index >= 15 is 0 Å². The van der Waals surface area contributed by atoms with Crippen molar-refractivity contribution in [2.45, 2.75) is 45.9 Å². The Morgan fingerprint density at radius 3 is 2.41 bits per heavy atom. The normalized spacial score (nSPS) is 21.0. The third kappa shape index (κ3) is 4.00. The van der Waals surface area contributed by atoms with Crippen molar-refractivity contribution in [1.29, 1.82) is 0 Å². The Labute approximate surface area is 131 Å². The zero-order valence-electron chi connectivity index (χ0n) is 13.5. The van der Waals surface area contributed by atoms with Crippen LogP contribution in [0, 0.1) is 5.92 Å². The van der Waals surface area contributed by atoms with Crippen LogP contribution < -0.4 is 0 Å². The van der Waals surface area contributed by atoms with Crippen LogP contribution in [0.1, 0.15) is 33.3 Å². The third-order valence-corrected chi connectivity index (χ3v) is 3.45. The summed E-state index contributed by atoms with van der Waals surface area (Å²) < 4.78 is 10.6. The molecule has 1 aromatic carbocycles. The summed E-state index contributed by atoms with van der Waals surface area (Å²) in [6.45, 7) is 8.07. The van der Waals surface area contributed by atoms with Crippen molar-refractivity contribution in [3.8, 4) is 0 Å². The fourth-order valence-corrected chi connectivity index (χ4v) is 2.40. The van der Waals surface area contributed by atoms with Crippen LogP contribution >= 0.6 is 0 Å².